The Morgan fingerprint density at radius 3 is 2.80 bits per heavy atom. The Morgan fingerprint density at radius 1 is 1.35 bits per heavy atom. The zero-order chi connectivity index (χ0) is 14.5. The molecule has 0 aliphatic carbocycles. The molecule has 0 saturated carbocycles. The molecule has 1 N–H and O–H groups in total. The van der Waals surface area contributed by atoms with Crippen molar-refractivity contribution < 1.29 is 4.39 Å². The largest absolute Gasteiger partial charge is 0.307 e. The maximum absolute atomic E-state index is 12.4. The van der Waals surface area contributed by atoms with Gasteiger partial charge in [-0.25, -0.2) is 4.39 Å². The zero-order valence-corrected chi connectivity index (χ0v) is 12.3. The fourth-order valence-corrected chi connectivity index (χ4v) is 2.07. The summed E-state index contributed by atoms with van der Waals surface area (Å²) in [5, 5.41) is 11.9. The molecular formula is C14H22FN5. The third kappa shape index (κ3) is 3.45. The van der Waals surface area contributed by atoms with Gasteiger partial charge in [0.1, 0.15) is 6.67 Å². The van der Waals surface area contributed by atoms with Crippen molar-refractivity contribution >= 4 is 0 Å². The van der Waals surface area contributed by atoms with Crippen molar-refractivity contribution in [2.75, 3.05) is 6.67 Å². The van der Waals surface area contributed by atoms with Gasteiger partial charge in [-0.15, -0.1) is 0 Å². The second-order valence-corrected chi connectivity index (χ2v) is 5.15. The molecule has 0 aliphatic heterocycles. The lowest BCUT2D eigenvalue weighted by molar-refractivity contribution is 0.417. The minimum absolute atomic E-state index is 0.314. The average molecular weight is 279 g/mol. The number of aromatic nitrogens is 4. The Bertz CT molecular complexity index is 544. The molecule has 0 fully saturated rings. The van der Waals surface area contributed by atoms with Gasteiger partial charge in [0.25, 0.3) is 0 Å². The summed E-state index contributed by atoms with van der Waals surface area (Å²) in [5.41, 5.74) is 3.23. The highest BCUT2D eigenvalue weighted by atomic mass is 19.1. The van der Waals surface area contributed by atoms with Gasteiger partial charge in [0.05, 0.1) is 17.9 Å². The van der Waals surface area contributed by atoms with Gasteiger partial charge >= 0.3 is 0 Å². The summed E-state index contributed by atoms with van der Waals surface area (Å²) >= 11 is 0. The molecule has 0 radical (unpaired) electrons. The highest BCUT2D eigenvalue weighted by Gasteiger charge is 2.07. The first-order valence-corrected chi connectivity index (χ1v) is 6.93. The van der Waals surface area contributed by atoms with Crippen LogP contribution in [0.3, 0.4) is 0 Å². The van der Waals surface area contributed by atoms with Crippen LogP contribution in [-0.4, -0.2) is 26.2 Å². The van der Waals surface area contributed by atoms with Gasteiger partial charge < -0.3 is 5.32 Å². The number of nitrogens with one attached hydrogen (secondary N) is 1. The molecule has 2 aromatic rings. The van der Waals surface area contributed by atoms with Crippen LogP contribution in [0.5, 0.6) is 0 Å². The van der Waals surface area contributed by atoms with Crippen LogP contribution in [0.25, 0.3) is 0 Å². The predicted octanol–water partition coefficient (Wildman–Crippen LogP) is 2.23. The molecule has 0 saturated heterocycles. The number of hydrogen-bond acceptors (Lipinski definition) is 3. The summed E-state index contributed by atoms with van der Waals surface area (Å²) in [6.45, 7) is 7.58. The first-order chi connectivity index (χ1) is 9.61. The van der Waals surface area contributed by atoms with Crippen LogP contribution in [0.4, 0.5) is 4.39 Å². The normalized spacial score (nSPS) is 11.4. The quantitative estimate of drug-likeness (QED) is 0.845. The lowest BCUT2D eigenvalue weighted by Gasteiger charge is -2.07. The van der Waals surface area contributed by atoms with E-state index < -0.39 is 6.67 Å². The molecular weight excluding hydrogens is 257 g/mol. The fraction of sp³-hybridized carbons (Fsp3) is 0.571. The van der Waals surface area contributed by atoms with Crippen molar-refractivity contribution in [2.45, 2.75) is 46.4 Å². The summed E-state index contributed by atoms with van der Waals surface area (Å²) in [5.74, 6) is 0. The summed E-state index contributed by atoms with van der Waals surface area (Å²) in [6.07, 6.45) is 3.78. The van der Waals surface area contributed by atoms with Crippen molar-refractivity contribution in [1.82, 2.24) is 24.9 Å². The van der Waals surface area contributed by atoms with E-state index in [0.29, 0.717) is 19.1 Å². The van der Waals surface area contributed by atoms with Crippen LogP contribution in [0.2, 0.25) is 0 Å². The van der Waals surface area contributed by atoms with Gasteiger partial charge in [-0.2, -0.15) is 10.2 Å². The van der Waals surface area contributed by atoms with Crippen LogP contribution in [-0.2, 0) is 19.6 Å². The van der Waals surface area contributed by atoms with E-state index >= 15 is 0 Å². The molecule has 2 heterocycles. The molecule has 0 aliphatic rings. The second-order valence-electron chi connectivity index (χ2n) is 5.15. The van der Waals surface area contributed by atoms with Crippen molar-refractivity contribution in [2.24, 2.45) is 0 Å². The Kier molecular flexibility index (Phi) is 4.89. The number of rotatable bonds is 7. The summed E-state index contributed by atoms with van der Waals surface area (Å²) in [4.78, 5) is 0. The molecule has 0 amide bonds. The molecule has 0 unspecified atom stereocenters. The molecule has 20 heavy (non-hydrogen) atoms. The number of nitrogens with zero attached hydrogens (tertiary/aromatic N) is 4. The van der Waals surface area contributed by atoms with E-state index in [4.69, 9.17) is 0 Å². The van der Waals surface area contributed by atoms with Gasteiger partial charge in [0, 0.05) is 37.1 Å². The molecule has 2 rings (SSSR count). The summed E-state index contributed by atoms with van der Waals surface area (Å²) in [7, 11) is 0. The molecule has 0 spiro atoms. The Labute approximate surface area is 118 Å². The Hall–Kier alpha value is -1.69. The van der Waals surface area contributed by atoms with Crippen LogP contribution in [0.1, 0.15) is 36.8 Å². The van der Waals surface area contributed by atoms with Gasteiger partial charge in [-0.05, 0) is 26.8 Å². The van der Waals surface area contributed by atoms with Gasteiger partial charge in [-0.1, -0.05) is 0 Å². The smallest absolute Gasteiger partial charge is 0.109 e. The first kappa shape index (κ1) is 14.7. The standard InChI is InChI=1S/C14H22FN5/c1-11(2)20-10-13(12(3)18-20)8-16-9-14-4-6-17-19(14)7-5-15/h4,6,10-11,16H,5,7-9H2,1-3H3. The average Bonchev–Trinajstić information content (AvgIpc) is 2.98. The Morgan fingerprint density at radius 2 is 2.15 bits per heavy atom. The van der Waals surface area contributed by atoms with Crippen molar-refractivity contribution in [3.05, 3.63) is 35.4 Å². The topological polar surface area (TPSA) is 47.7 Å². The molecule has 5 nitrogen and oxygen atoms in total. The van der Waals surface area contributed by atoms with E-state index in [9.17, 15) is 4.39 Å². The van der Waals surface area contributed by atoms with Crippen LogP contribution in [0.15, 0.2) is 18.5 Å². The number of hydrogen-bond donors (Lipinski definition) is 1. The molecule has 0 atom stereocenters. The predicted molar refractivity (Wildman–Crippen MR) is 76.1 cm³/mol. The molecule has 110 valence electrons. The molecule has 0 bridgehead atoms. The Balaban J connectivity index is 1.91. The zero-order valence-electron chi connectivity index (χ0n) is 12.3. The van der Waals surface area contributed by atoms with E-state index in [1.807, 2.05) is 17.7 Å². The van der Waals surface area contributed by atoms with Gasteiger partial charge in [0.15, 0.2) is 0 Å². The molecule has 2 aromatic heterocycles. The van der Waals surface area contributed by atoms with E-state index in [0.717, 1.165) is 17.9 Å². The van der Waals surface area contributed by atoms with Crippen LogP contribution in [0, 0.1) is 6.92 Å². The third-order valence-corrected chi connectivity index (χ3v) is 3.27. The van der Waals surface area contributed by atoms with E-state index in [1.54, 1.807) is 10.9 Å². The van der Waals surface area contributed by atoms with Crippen LogP contribution >= 0.6 is 0 Å². The lowest BCUT2D eigenvalue weighted by atomic mass is 10.2. The highest BCUT2D eigenvalue weighted by molar-refractivity contribution is 5.15. The maximum Gasteiger partial charge on any atom is 0.109 e. The van der Waals surface area contributed by atoms with Crippen molar-refractivity contribution in [1.29, 1.82) is 0 Å². The SMILES string of the molecule is Cc1nn(C(C)C)cc1CNCc1ccnn1CCF. The highest BCUT2D eigenvalue weighted by Crippen LogP contribution is 2.10. The monoisotopic (exact) mass is 279 g/mol. The molecule has 0 aromatic carbocycles. The minimum atomic E-state index is -0.394. The minimum Gasteiger partial charge on any atom is -0.307 e. The van der Waals surface area contributed by atoms with Gasteiger partial charge in [-0.3, -0.25) is 9.36 Å². The van der Waals surface area contributed by atoms with Crippen LogP contribution < -0.4 is 5.32 Å². The second kappa shape index (κ2) is 6.65. The first-order valence-electron chi connectivity index (χ1n) is 6.93. The molecule has 6 heteroatoms. The summed E-state index contributed by atoms with van der Waals surface area (Å²) in [6, 6.07) is 2.28. The van der Waals surface area contributed by atoms with Gasteiger partial charge in [0.2, 0.25) is 0 Å². The number of halogens is 1. The summed E-state index contributed by atoms with van der Waals surface area (Å²) < 4.78 is 16.0. The number of aryl methyl sites for hydroxylation is 2. The third-order valence-electron chi connectivity index (χ3n) is 3.27. The van der Waals surface area contributed by atoms with Crippen molar-refractivity contribution in [3.8, 4) is 0 Å². The van der Waals surface area contributed by atoms with E-state index in [2.05, 4.69) is 35.6 Å². The van der Waals surface area contributed by atoms with Crippen molar-refractivity contribution in [3.63, 3.8) is 0 Å². The lowest BCUT2D eigenvalue weighted by Crippen LogP contribution is -2.17. The van der Waals surface area contributed by atoms with E-state index in [1.165, 1.54) is 5.56 Å². The maximum atomic E-state index is 12.4. The fourth-order valence-electron chi connectivity index (χ4n) is 2.07. The van der Waals surface area contributed by atoms with E-state index in [-0.39, 0.29) is 0 Å². The number of alkyl halides is 1.